The zero-order valence-electron chi connectivity index (χ0n) is 28.3. The Kier molecular flexibility index (Phi) is 7.10. The summed E-state index contributed by atoms with van der Waals surface area (Å²) in [4.78, 5) is 12.8. The van der Waals surface area contributed by atoms with Crippen LogP contribution in [-0.2, 0) is 0 Å². The van der Waals surface area contributed by atoms with Gasteiger partial charge in [-0.1, -0.05) is 121 Å². The number of imidazole rings is 1. The van der Waals surface area contributed by atoms with E-state index < -0.39 is 0 Å². The van der Waals surface area contributed by atoms with Crippen LogP contribution in [0, 0.1) is 0 Å². The van der Waals surface area contributed by atoms with Gasteiger partial charge in [-0.15, -0.1) is 0 Å². The van der Waals surface area contributed by atoms with Gasteiger partial charge in [0.05, 0.1) is 22.2 Å². The first-order valence-electron chi connectivity index (χ1n) is 17.6. The topological polar surface area (TPSA) is 34.0 Å². The van der Waals surface area contributed by atoms with Gasteiger partial charge in [-0.05, 0) is 83.6 Å². The fraction of sp³-hybridized carbons (Fsp3) is 0. The van der Waals surface area contributed by atoms with Crippen LogP contribution in [-0.4, -0.2) is 14.5 Å². The fourth-order valence-electron chi connectivity index (χ4n) is 7.58. The normalized spacial score (nSPS) is 11.5. The molecule has 0 radical (unpaired) electrons. The zero-order valence-corrected chi connectivity index (χ0v) is 28.3. The minimum Gasteiger partial charge on any atom is -0.310 e. The summed E-state index contributed by atoms with van der Waals surface area (Å²) >= 11 is 0. The largest absolute Gasteiger partial charge is 0.310 e. The average molecular weight is 665 g/mol. The number of anilines is 3. The quantitative estimate of drug-likeness (QED) is 0.166. The van der Waals surface area contributed by atoms with Crippen molar-refractivity contribution in [1.82, 2.24) is 14.5 Å². The minimum absolute atomic E-state index is 0.899. The number of hydrogen-bond acceptors (Lipinski definition) is 3. The molecule has 0 bridgehead atoms. The second-order valence-corrected chi connectivity index (χ2v) is 13.1. The van der Waals surface area contributed by atoms with E-state index in [0.717, 1.165) is 72.7 Å². The molecule has 0 aliphatic heterocycles. The first-order chi connectivity index (χ1) is 25.8. The summed E-state index contributed by atoms with van der Waals surface area (Å²) in [6, 6.07) is 68.4. The molecule has 0 N–H and O–H groups in total. The molecule has 4 nitrogen and oxygen atoms in total. The highest BCUT2D eigenvalue weighted by molar-refractivity contribution is 6.23. The van der Waals surface area contributed by atoms with E-state index in [0.29, 0.717) is 0 Å². The number of fused-ring (bicyclic) bond motifs is 6. The van der Waals surface area contributed by atoms with E-state index >= 15 is 0 Å². The average Bonchev–Trinajstić information content (AvgIpc) is 3.61. The monoisotopic (exact) mass is 664 g/mol. The van der Waals surface area contributed by atoms with Gasteiger partial charge < -0.3 is 4.90 Å². The number of rotatable bonds is 6. The van der Waals surface area contributed by atoms with Gasteiger partial charge in [0.15, 0.2) is 0 Å². The van der Waals surface area contributed by atoms with Gasteiger partial charge in [0.1, 0.15) is 5.82 Å². The Bertz CT molecular complexity index is 2860. The first kappa shape index (κ1) is 29.8. The maximum absolute atomic E-state index is 5.35. The second-order valence-electron chi connectivity index (χ2n) is 13.1. The van der Waals surface area contributed by atoms with E-state index in [2.05, 4.69) is 191 Å². The summed E-state index contributed by atoms with van der Waals surface area (Å²) in [6.07, 6.45) is 0. The van der Waals surface area contributed by atoms with Crippen molar-refractivity contribution in [2.45, 2.75) is 0 Å². The summed E-state index contributed by atoms with van der Waals surface area (Å²) in [7, 11) is 0. The summed E-state index contributed by atoms with van der Waals surface area (Å²) in [6.45, 7) is 0. The second kappa shape index (κ2) is 12.4. The van der Waals surface area contributed by atoms with Crippen LogP contribution in [0.1, 0.15) is 0 Å². The highest BCUT2D eigenvalue weighted by Gasteiger charge is 2.19. The summed E-state index contributed by atoms with van der Waals surface area (Å²) in [5, 5.41) is 5.82. The highest BCUT2D eigenvalue weighted by Crippen LogP contribution is 2.42. The van der Waals surface area contributed by atoms with Crippen molar-refractivity contribution in [1.29, 1.82) is 0 Å². The van der Waals surface area contributed by atoms with Crippen LogP contribution in [0.25, 0.3) is 71.8 Å². The Morgan fingerprint density at radius 1 is 0.404 bits per heavy atom. The van der Waals surface area contributed by atoms with E-state index in [1.54, 1.807) is 0 Å². The van der Waals surface area contributed by atoms with Gasteiger partial charge in [0, 0.05) is 50.0 Å². The molecule has 10 aromatic rings. The molecule has 2 heterocycles. The Hall–Kier alpha value is -7.04. The molecule has 2 aromatic heterocycles. The summed E-state index contributed by atoms with van der Waals surface area (Å²) < 4.78 is 2.25. The predicted octanol–water partition coefficient (Wildman–Crippen LogP) is 12.7. The molecule has 0 saturated heterocycles. The van der Waals surface area contributed by atoms with Crippen molar-refractivity contribution in [3.8, 4) is 28.3 Å². The number of para-hydroxylation sites is 6. The van der Waals surface area contributed by atoms with E-state index in [4.69, 9.17) is 9.97 Å². The number of pyridine rings is 1. The lowest BCUT2D eigenvalue weighted by Gasteiger charge is -2.26. The Labute approximate surface area is 301 Å². The summed E-state index contributed by atoms with van der Waals surface area (Å²) in [5.41, 5.74) is 10.4. The number of hydrogen-bond donors (Lipinski definition) is 0. The number of nitrogens with zero attached hydrogens (tertiary/aromatic N) is 4. The van der Waals surface area contributed by atoms with E-state index in [1.165, 1.54) is 16.2 Å². The van der Waals surface area contributed by atoms with Crippen LogP contribution in [0.2, 0.25) is 0 Å². The van der Waals surface area contributed by atoms with Crippen molar-refractivity contribution >= 4 is 60.5 Å². The van der Waals surface area contributed by atoms with Gasteiger partial charge >= 0.3 is 0 Å². The molecule has 0 fully saturated rings. The fourth-order valence-corrected chi connectivity index (χ4v) is 7.58. The van der Waals surface area contributed by atoms with Crippen molar-refractivity contribution in [2.75, 3.05) is 4.90 Å². The molecule has 0 unspecified atom stereocenters. The molecule has 52 heavy (non-hydrogen) atoms. The number of aromatic nitrogens is 3. The van der Waals surface area contributed by atoms with Gasteiger partial charge in [-0.3, -0.25) is 4.57 Å². The Balaban J connectivity index is 1.20. The molecule has 0 spiro atoms. The van der Waals surface area contributed by atoms with E-state index in [-0.39, 0.29) is 0 Å². The third-order valence-electron chi connectivity index (χ3n) is 9.92. The standard InChI is InChI=1S/C48H32N4/c1-4-17-36(18-5-1)51(37-19-6-2-7-20-37)39-29-27-33-28-30-41-46(42(33)32-39)40-23-10-11-24-43(40)49-47(41)34-15-14-16-35(31-34)48-50-44-25-12-13-26-45(44)52(48)38-21-8-3-9-22-38/h1-32H. The van der Waals surface area contributed by atoms with Crippen LogP contribution in [0.5, 0.6) is 0 Å². The lowest BCUT2D eigenvalue weighted by Crippen LogP contribution is -2.09. The molecule has 10 rings (SSSR count). The lowest BCUT2D eigenvalue weighted by atomic mass is 9.94. The zero-order chi connectivity index (χ0) is 34.4. The number of benzene rings is 8. The molecular formula is C48H32N4. The lowest BCUT2D eigenvalue weighted by molar-refractivity contribution is 1.10. The maximum Gasteiger partial charge on any atom is 0.145 e. The van der Waals surface area contributed by atoms with Crippen LogP contribution < -0.4 is 4.90 Å². The molecule has 0 saturated carbocycles. The Morgan fingerprint density at radius 2 is 1.04 bits per heavy atom. The van der Waals surface area contributed by atoms with Crippen molar-refractivity contribution in [2.24, 2.45) is 0 Å². The van der Waals surface area contributed by atoms with E-state index in [1.807, 2.05) is 12.1 Å². The molecule has 0 aliphatic rings. The maximum atomic E-state index is 5.35. The third-order valence-corrected chi connectivity index (χ3v) is 9.92. The Morgan fingerprint density at radius 3 is 1.81 bits per heavy atom. The molecule has 4 heteroatoms. The molecule has 8 aromatic carbocycles. The van der Waals surface area contributed by atoms with Gasteiger partial charge in [0.2, 0.25) is 0 Å². The highest BCUT2D eigenvalue weighted by atomic mass is 15.1. The molecule has 0 amide bonds. The van der Waals surface area contributed by atoms with Crippen LogP contribution in [0.15, 0.2) is 194 Å². The van der Waals surface area contributed by atoms with Crippen molar-refractivity contribution < 1.29 is 0 Å². The SMILES string of the molecule is c1ccc(N(c2ccccc2)c2ccc3ccc4c(-c5cccc(-c6nc7ccccc7n6-c6ccccc6)c5)nc5ccccc5c4c3c2)cc1. The summed E-state index contributed by atoms with van der Waals surface area (Å²) in [5.74, 6) is 0.899. The smallest absolute Gasteiger partial charge is 0.145 e. The molecule has 244 valence electrons. The van der Waals surface area contributed by atoms with Crippen molar-refractivity contribution in [3.63, 3.8) is 0 Å². The van der Waals surface area contributed by atoms with Crippen molar-refractivity contribution in [3.05, 3.63) is 194 Å². The van der Waals surface area contributed by atoms with Gasteiger partial charge in [-0.2, -0.15) is 0 Å². The third kappa shape index (κ3) is 5.00. The van der Waals surface area contributed by atoms with Crippen LogP contribution >= 0.6 is 0 Å². The van der Waals surface area contributed by atoms with Gasteiger partial charge in [-0.25, -0.2) is 9.97 Å². The van der Waals surface area contributed by atoms with Gasteiger partial charge in [0.25, 0.3) is 0 Å². The first-order valence-corrected chi connectivity index (χ1v) is 17.6. The van der Waals surface area contributed by atoms with E-state index in [9.17, 15) is 0 Å². The molecule has 0 atom stereocenters. The van der Waals surface area contributed by atoms with Crippen LogP contribution in [0.4, 0.5) is 17.1 Å². The predicted molar refractivity (Wildman–Crippen MR) is 217 cm³/mol. The molecular weight excluding hydrogens is 633 g/mol. The van der Waals surface area contributed by atoms with Crippen LogP contribution in [0.3, 0.4) is 0 Å². The molecule has 0 aliphatic carbocycles. The minimum atomic E-state index is 0.899.